The van der Waals surface area contributed by atoms with E-state index < -0.39 is 16.6 Å². The minimum Gasteiger partial charge on any atom is -0.389 e. The molecule has 0 saturated carbocycles. The average molecular weight is 303 g/mol. The van der Waals surface area contributed by atoms with Crippen LogP contribution in [0.25, 0.3) is 0 Å². The number of hydrogen-bond acceptors (Lipinski definition) is 4. The molecule has 1 fully saturated rings. The zero-order valence-corrected chi connectivity index (χ0v) is 13.4. The van der Waals surface area contributed by atoms with E-state index in [-0.39, 0.29) is 11.5 Å². The number of nitrogens with zero attached hydrogens (tertiary/aromatic N) is 2. The molecule has 22 heavy (non-hydrogen) atoms. The summed E-state index contributed by atoms with van der Waals surface area (Å²) < 4.78 is 0. The number of aliphatic hydroxyl groups is 1. The van der Waals surface area contributed by atoms with Crippen LogP contribution in [0.3, 0.4) is 0 Å². The van der Waals surface area contributed by atoms with Crippen molar-refractivity contribution < 1.29 is 9.90 Å². The molecule has 1 atom stereocenters. The van der Waals surface area contributed by atoms with Gasteiger partial charge in [0, 0.05) is 24.7 Å². The molecule has 2 N–H and O–H groups in total. The molecular formula is C16H21N3O3. The highest BCUT2D eigenvalue weighted by atomic mass is 16.3. The Morgan fingerprint density at radius 2 is 2.09 bits per heavy atom. The Bertz CT molecular complexity index is 710. The lowest BCUT2D eigenvalue weighted by Crippen LogP contribution is -2.57. The van der Waals surface area contributed by atoms with Gasteiger partial charge in [0.25, 0.3) is 11.5 Å². The molecule has 2 heterocycles. The number of aromatic nitrogens is 1. The van der Waals surface area contributed by atoms with Crippen molar-refractivity contribution >= 4 is 5.91 Å². The van der Waals surface area contributed by atoms with Crippen molar-refractivity contribution in [2.45, 2.75) is 39.7 Å². The summed E-state index contributed by atoms with van der Waals surface area (Å²) >= 11 is 0. The second kappa shape index (κ2) is 5.25. The molecule has 6 nitrogen and oxygen atoms in total. The molecule has 0 bridgehead atoms. The van der Waals surface area contributed by atoms with Gasteiger partial charge in [-0.3, -0.25) is 9.59 Å². The quantitative estimate of drug-likeness (QED) is 0.814. The number of carbonyl (C=O) groups is 1. The van der Waals surface area contributed by atoms with Gasteiger partial charge in [-0.15, -0.1) is 0 Å². The fraction of sp³-hybridized carbons (Fsp3) is 0.562. The molecule has 0 spiro atoms. The van der Waals surface area contributed by atoms with Crippen LogP contribution in [-0.4, -0.2) is 39.6 Å². The number of H-pyrrole nitrogens is 1. The summed E-state index contributed by atoms with van der Waals surface area (Å²) in [5.41, 5.74) is -1.07. The summed E-state index contributed by atoms with van der Waals surface area (Å²) in [4.78, 5) is 28.4. The number of hydrogen-bond donors (Lipinski definition) is 2. The molecule has 2 rings (SSSR count). The Labute approximate surface area is 129 Å². The summed E-state index contributed by atoms with van der Waals surface area (Å²) in [5.74, 6) is -0.228. The first-order valence-electron chi connectivity index (χ1n) is 7.25. The molecule has 0 aromatic carbocycles. The molecule has 118 valence electrons. The Balaban J connectivity index is 2.35. The summed E-state index contributed by atoms with van der Waals surface area (Å²) in [6, 6.07) is 1.84. The number of carbonyl (C=O) groups excluding carboxylic acids is 1. The highest BCUT2D eigenvalue weighted by molar-refractivity contribution is 5.96. The maximum absolute atomic E-state index is 12.7. The molecule has 1 amide bonds. The standard InChI is InChI=1S/C16H21N3O3/c1-10-11(7-17)13(20)18-8-12(10)14(21)19-6-5-16(4,22)15(2,3)9-19/h8,22H,5-6,9H2,1-4H3,(H,18,20)/t16-/m1/s1. The fourth-order valence-electron chi connectivity index (χ4n) is 2.74. The van der Waals surface area contributed by atoms with Gasteiger partial charge >= 0.3 is 0 Å². The van der Waals surface area contributed by atoms with Gasteiger partial charge in [-0.25, -0.2) is 0 Å². The molecule has 1 saturated heterocycles. The van der Waals surface area contributed by atoms with Crippen molar-refractivity contribution in [1.82, 2.24) is 9.88 Å². The van der Waals surface area contributed by atoms with E-state index in [1.54, 1.807) is 18.7 Å². The first-order valence-corrected chi connectivity index (χ1v) is 7.25. The second-order valence-corrected chi connectivity index (χ2v) is 6.78. The van der Waals surface area contributed by atoms with E-state index in [0.29, 0.717) is 30.6 Å². The minimum absolute atomic E-state index is 0.0332. The van der Waals surface area contributed by atoms with Crippen LogP contribution in [0, 0.1) is 23.7 Å². The van der Waals surface area contributed by atoms with Crippen LogP contribution in [0.2, 0.25) is 0 Å². The van der Waals surface area contributed by atoms with Crippen molar-refractivity contribution in [3.05, 3.63) is 33.2 Å². The van der Waals surface area contributed by atoms with E-state index in [0.717, 1.165) is 0 Å². The third-order valence-corrected chi connectivity index (χ3v) is 4.90. The van der Waals surface area contributed by atoms with E-state index in [1.165, 1.54) is 6.20 Å². The first kappa shape index (κ1) is 16.2. The zero-order chi connectivity index (χ0) is 16.7. The number of likely N-dealkylation sites (tertiary alicyclic amines) is 1. The number of nitriles is 1. The predicted octanol–water partition coefficient (Wildman–Crippen LogP) is 1.18. The molecular weight excluding hydrogens is 282 g/mol. The van der Waals surface area contributed by atoms with E-state index >= 15 is 0 Å². The predicted molar refractivity (Wildman–Crippen MR) is 81.4 cm³/mol. The van der Waals surface area contributed by atoms with Crippen LogP contribution in [0.4, 0.5) is 0 Å². The lowest BCUT2D eigenvalue weighted by Gasteiger charge is -2.48. The summed E-state index contributed by atoms with van der Waals surface area (Å²) in [6.45, 7) is 8.09. The first-order chi connectivity index (χ1) is 10.1. The normalized spacial score (nSPS) is 23.9. The molecule has 1 aliphatic heterocycles. The van der Waals surface area contributed by atoms with Gasteiger partial charge in [-0.1, -0.05) is 13.8 Å². The SMILES string of the molecule is Cc1c(C(=O)N2CC[C@@](C)(O)C(C)(C)C2)c[nH]c(=O)c1C#N. The van der Waals surface area contributed by atoms with Crippen molar-refractivity contribution in [2.75, 3.05) is 13.1 Å². The average Bonchev–Trinajstić information content (AvgIpc) is 2.42. The van der Waals surface area contributed by atoms with Crippen LogP contribution < -0.4 is 5.56 Å². The number of amides is 1. The summed E-state index contributed by atoms with van der Waals surface area (Å²) in [6.07, 6.45) is 1.85. The van der Waals surface area contributed by atoms with Crippen LogP contribution in [0.15, 0.2) is 11.0 Å². The molecule has 1 aromatic rings. The Morgan fingerprint density at radius 3 is 2.64 bits per heavy atom. The number of piperidine rings is 1. The molecule has 6 heteroatoms. The maximum atomic E-state index is 12.7. The van der Waals surface area contributed by atoms with Gasteiger partial charge in [0.05, 0.1) is 11.2 Å². The van der Waals surface area contributed by atoms with Crippen LogP contribution >= 0.6 is 0 Å². The van der Waals surface area contributed by atoms with E-state index in [4.69, 9.17) is 5.26 Å². The topological polar surface area (TPSA) is 97.2 Å². The maximum Gasteiger partial charge on any atom is 0.266 e. The summed E-state index contributed by atoms with van der Waals surface area (Å²) in [5, 5.41) is 19.5. The lowest BCUT2D eigenvalue weighted by molar-refractivity contribution is -0.0971. The molecule has 1 aliphatic rings. The third kappa shape index (κ3) is 2.53. The van der Waals surface area contributed by atoms with Crippen molar-refractivity contribution in [3.8, 4) is 6.07 Å². The minimum atomic E-state index is -0.832. The Kier molecular flexibility index (Phi) is 3.88. The molecule has 0 aliphatic carbocycles. The van der Waals surface area contributed by atoms with Crippen LogP contribution in [-0.2, 0) is 0 Å². The van der Waals surface area contributed by atoms with Gasteiger partial charge < -0.3 is 15.0 Å². The Morgan fingerprint density at radius 1 is 1.45 bits per heavy atom. The number of nitrogens with one attached hydrogen (secondary N) is 1. The highest BCUT2D eigenvalue weighted by Crippen LogP contribution is 2.38. The monoisotopic (exact) mass is 303 g/mol. The Hall–Kier alpha value is -2.13. The van der Waals surface area contributed by atoms with Crippen LogP contribution in [0.5, 0.6) is 0 Å². The molecule has 1 aromatic heterocycles. The van der Waals surface area contributed by atoms with Gasteiger partial charge in [0.1, 0.15) is 11.6 Å². The van der Waals surface area contributed by atoms with Crippen LogP contribution in [0.1, 0.15) is 48.7 Å². The summed E-state index contributed by atoms with van der Waals surface area (Å²) in [7, 11) is 0. The van der Waals surface area contributed by atoms with Gasteiger partial charge in [0.2, 0.25) is 0 Å². The molecule has 0 radical (unpaired) electrons. The van der Waals surface area contributed by atoms with Crippen molar-refractivity contribution in [1.29, 1.82) is 5.26 Å². The van der Waals surface area contributed by atoms with E-state index in [2.05, 4.69) is 4.98 Å². The second-order valence-electron chi connectivity index (χ2n) is 6.78. The third-order valence-electron chi connectivity index (χ3n) is 4.90. The number of rotatable bonds is 1. The number of pyridine rings is 1. The van der Waals surface area contributed by atoms with Crippen molar-refractivity contribution in [2.24, 2.45) is 5.41 Å². The van der Waals surface area contributed by atoms with Gasteiger partial charge in [-0.05, 0) is 25.8 Å². The zero-order valence-electron chi connectivity index (χ0n) is 13.4. The van der Waals surface area contributed by atoms with Crippen molar-refractivity contribution in [3.63, 3.8) is 0 Å². The number of aromatic amines is 1. The largest absolute Gasteiger partial charge is 0.389 e. The van der Waals surface area contributed by atoms with Gasteiger partial charge in [0.15, 0.2) is 0 Å². The lowest BCUT2D eigenvalue weighted by atomic mass is 9.71. The molecule has 0 unspecified atom stereocenters. The van der Waals surface area contributed by atoms with Gasteiger partial charge in [-0.2, -0.15) is 5.26 Å². The van der Waals surface area contributed by atoms with E-state index in [9.17, 15) is 14.7 Å². The smallest absolute Gasteiger partial charge is 0.266 e. The highest BCUT2D eigenvalue weighted by Gasteiger charge is 2.45. The fourth-order valence-corrected chi connectivity index (χ4v) is 2.74. The van der Waals surface area contributed by atoms with E-state index in [1.807, 2.05) is 19.9 Å².